The molecule has 1 aromatic heterocycles. The molecule has 2 aromatic carbocycles. The largest absolute Gasteiger partial charge is 0.494 e. The minimum absolute atomic E-state index is 0.0834. The predicted molar refractivity (Wildman–Crippen MR) is 83.9 cm³/mol. The third-order valence-corrected chi connectivity index (χ3v) is 3.80. The summed E-state index contributed by atoms with van der Waals surface area (Å²) in [4.78, 5) is 12.5. The van der Waals surface area contributed by atoms with E-state index in [4.69, 9.17) is 4.74 Å². The number of halogens is 1. The molecule has 3 rings (SSSR count). The van der Waals surface area contributed by atoms with E-state index < -0.39 is 5.82 Å². The van der Waals surface area contributed by atoms with Gasteiger partial charge in [-0.2, -0.15) is 0 Å². The van der Waals surface area contributed by atoms with Crippen molar-refractivity contribution in [3.63, 3.8) is 0 Å². The molecule has 0 saturated carbocycles. The first kappa shape index (κ1) is 14.4. The first-order chi connectivity index (χ1) is 10.7. The maximum absolute atomic E-state index is 13.8. The van der Waals surface area contributed by atoms with Gasteiger partial charge in [-0.3, -0.25) is 9.13 Å². The number of imidazole rings is 1. The summed E-state index contributed by atoms with van der Waals surface area (Å²) in [6.07, 6.45) is 0. The highest BCUT2D eigenvalue weighted by Gasteiger charge is 2.12. The number of aryl methyl sites for hydroxylation is 1. The number of hydrogen-bond acceptors (Lipinski definition) is 2. The molecule has 0 spiro atoms. The number of hydrogen-bond donors (Lipinski definition) is 0. The van der Waals surface area contributed by atoms with Gasteiger partial charge in [0.2, 0.25) is 0 Å². The fraction of sp³-hybridized carbons (Fsp3) is 0.235. The van der Waals surface area contributed by atoms with Crippen molar-refractivity contribution in [3.8, 4) is 5.75 Å². The van der Waals surface area contributed by atoms with Crippen molar-refractivity contribution in [1.29, 1.82) is 0 Å². The first-order valence-corrected chi connectivity index (χ1v) is 7.16. The molecule has 0 bridgehead atoms. The second kappa shape index (κ2) is 5.67. The molecule has 0 aliphatic heterocycles. The molecule has 0 unspecified atom stereocenters. The molecule has 22 heavy (non-hydrogen) atoms. The quantitative estimate of drug-likeness (QED) is 0.742. The van der Waals surface area contributed by atoms with Crippen LogP contribution in [0.3, 0.4) is 0 Å². The molecule has 3 aromatic rings. The Kier molecular flexibility index (Phi) is 3.71. The fourth-order valence-electron chi connectivity index (χ4n) is 2.72. The van der Waals surface area contributed by atoms with Gasteiger partial charge in [0.05, 0.1) is 24.7 Å². The van der Waals surface area contributed by atoms with Gasteiger partial charge in [0.25, 0.3) is 0 Å². The zero-order chi connectivity index (χ0) is 15.7. The monoisotopic (exact) mass is 300 g/mol. The number of methoxy groups -OCH3 is 1. The molecule has 4 nitrogen and oxygen atoms in total. The average Bonchev–Trinajstić information content (AvgIpc) is 2.79. The molecule has 0 aliphatic rings. The second-order valence-electron chi connectivity index (χ2n) is 5.07. The van der Waals surface area contributed by atoms with Gasteiger partial charge in [0, 0.05) is 6.54 Å². The van der Waals surface area contributed by atoms with Gasteiger partial charge in [-0.15, -0.1) is 0 Å². The Balaban J connectivity index is 2.09. The van der Waals surface area contributed by atoms with Crippen LogP contribution in [0.1, 0.15) is 12.5 Å². The van der Waals surface area contributed by atoms with Gasteiger partial charge in [-0.05, 0) is 36.8 Å². The lowest BCUT2D eigenvalue weighted by Crippen LogP contribution is -2.24. The number of rotatable bonds is 4. The minimum atomic E-state index is -0.424. The van der Waals surface area contributed by atoms with Gasteiger partial charge >= 0.3 is 5.69 Å². The van der Waals surface area contributed by atoms with Crippen LogP contribution in [-0.4, -0.2) is 16.2 Å². The van der Waals surface area contributed by atoms with Gasteiger partial charge in [-0.25, -0.2) is 9.18 Å². The van der Waals surface area contributed by atoms with Crippen LogP contribution in [0.4, 0.5) is 4.39 Å². The van der Waals surface area contributed by atoms with Crippen LogP contribution < -0.4 is 10.4 Å². The lowest BCUT2D eigenvalue weighted by atomic mass is 10.2. The standard InChI is InChI=1S/C17H17FN2O2/c1-3-19-14-6-4-5-7-15(14)20(17(19)21)11-12-8-9-16(22-2)13(18)10-12/h4-10H,3,11H2,1-2H3. The Bertz CT molecular complexity index is 880. The second-order valence-corrected chi connectivity index (χ2v) is 5.07. The summed E-state index contributed by atoms with van der Waals surface area (Å²) in [5.41, 5.74) is 2.38. The number of ether oxygens (including phenoxy) is 1. The predicted octanol–water partition coefficient (Wildman–Crippen LogP) is 3.02. The van der Waals surface area contributed by atoms with Crippen molar-refractivity contribution < 1.29 is 9.13 Å². The molecule has 0 atom stereocenters. The van der Waals surface area contributed by atoms with Crippen molar-refractivity contribution in [2.75, 3.05) is 7.11 Å². The zero-order valence-corrected chi connectivity index (χ0v) is 12.5. The number of aromatic nitrogens is 2. The Hall–Kier alpha value is -2.56. The van der Waals surface area contributed by atoms with Gasteiger partial charge in [0.15, 0.2) is 11.6 Å². The van der Waals surface area contributed by atoms with Crippen molar-refractivity contribution in [2.45, 2.75) is 20.0 Å². The molecule has 1 heterocycles. The van der Waals surface area contributed by atoms with Crippen molar-refractivity contribution >= 4 is 11.0 Å². The van der Waals surface area contributed by atoms with Gasteiger partial charge in [0.1, 0.15) is 0 Å². The van der Waals surface area contributed by atoms with Crippen LogP contribution in [0.25, 0.3) is 11.0 Å². The molecular formula is C17H17FN2O2. The number of nitrogens with zero attached hydrogens (tertiary/aromatic N) is 2. The van der Waals surface area contributed by atoms with Crippen LogP contribution in [0, 0.1) is 5.82 Å². The summed E-state index contributed by atoms with van der Waals surface area (Å²) in [7, 11) is 1.43. The van der Waals surface area contributed by atoms with E-state index in [-0.39, 0.29) is 11.4 Å². The molecule has 0 fully saturated rings. The molecule has 0 aliphatic carbocycles. The van der Waals surface area contributed by atoms with Crippen LogP contribution in [0.2, 0.25) is 0 Å². The van der Waals surface area contributed by atoms with E-state index in [1.165, 1.54) is 13.2 Å². The summed E-state index contributed by atoms with van der Waals surface area (Å²) in [5.74, 6) is -0.223. The molecule has 5 heteroatoms. The maximum atomic E-state index is 13.8. The van der Waals surface area contributed by atoms with E-state index in [2.05, 4.69) is 0 Å². The minimum Gasteiger partial charge on any atom is -0.494 e. The topological polar surface area (TPSA) is 36.2 Å². The summed E-state index contributed by atoms with van der Waals surface area (Å²) in [6, 6.07) is 12.4. The fourth-order valence-corrected chi connectivity index (χ4v) is 2.72. The van der Waals surface area contributed by atoms with Gasteiger partial charge in [-0.1, -0.05) is 18.2 Å². The SMILES string of the molecule is CCn1c(=O)n(Cc2ccc(OC)c(F)c2)c2ccccc21. The summed E-state index contributed by atoms with van der Waals surface area (Å²) < 4.78 is 22.1. The van der Waals surface area contributed by atoms with Crippen LogP contribution in [0.15, 0.2) is 47.3 Å². The normalized spacial score (nSPS) is 11.0. The van der Waals surface area contributed by atoms with E-state index in [0.29, 0.717) is 13.1 Å². The molecule has 0 saturated heterocycles. The Morgan fingerprint density at radius 3 is 2.36 bits per heavy atom. The van der Waals surface area contributed by atoms with Crippen LogP contribution in [-0.2, 0) is 13.1 Å². The summed E-state index contributed by atoms with van der Waals surface area (Å²) in [6.45, 7) is 2.86. The van der Waals surface area contributed by atoms with E-state index in [0.717, 1.165) is 16.6 Å². The van der Waals surface area contributed by atoms with Gasteiger partial charge < -0.3 is 4.74 Å². The first-order valence-electron chi connectivity index (χ1n) is 7.16. The molecule has 0 radical (unpaired) electrons. The lowest BCUT2D eigenvalue weighted by molar-refractivity contribution is 0.386. The number of benzene rings is 2. The average molecular weight is 300 g/mol. The molecule has 0 amide bonds. The molecule has 114 valence electrons. The Morgan fingerprint density at radius 2 is 1.77 bits per heavy atom. The Labute approximate surface area is 127 Å². The van der Waals surface area contributed by atoms with E-state index in [1.54, 1.807) is 21.3 Å². The van der Waals surface area contributed by atoms with E-state index in [1.807, 2.05) is 31.2 Å². The number of fused-ring (bicyclic) bond motifs is 1. The highest BCUT2D eigenvalue weighted by molar-refractivity contribution is 5.76. The zero-order valence-electron chi connectivity index (χ0n) is 12.5. The van der Waals surface area contributed by atoms with E-state index in [9.17, 15) is 9.18 Å². The smallest absolute Gasteiger partial charge is 0.329 e. The maximum Gasteiger partial charge on any atom is 0.329 e. The third kappa shape index (κ3) is 2.28. The summed E-state index contributed by atoms with van der Waals surface area (Å²) in [5, 5.41) is 0. The van der Waals surface area contributed by atoms with Crippen LogP contribution in [0.5, 0.6) is 5.75 Å². The molecular weight excluding hydrogens is 283 g/mol. The highest BCUT2D eigenvalue weighted by Crippen LogP contribution is 2.19. The number of para-hydroxylation sites is 2. The lowest BCUT2D eigenvalue weighted by Gasteiger charge is -2.06. The third-order valence-electron chi connectivity index (χ3n) is 3.80. The van der Waals surface area contributed by atoms with E-state index >= 15 is 0 Å². The molecule has 0 N–H and O–H groups in total. The van der Waals surface area contributed by atoms with Crippen LogP contribution >= 0.6 is 0 Å². The van der Waals surface area contributed by atoms with Crippen molar-refractivity contribution in [2.24, 2.45) is 0 Å². The highest BCUT2D eigenvalue weighted by atomic mass is 19.1. The summed E-state index contributed by atoms with van der Waals surface area (Å²) >= 11 is 0. The van der Waals surface area contributed by atoms with Crippen molar-refractivity contribution in [1.82, 2.24) is 9.13 Å². The van der Waals surface area contributed by atoms with Crippen molar-refractivity contribution in [3.05, 3.63) is 64.3 Å². The Morgan fingerprint density at radius 1 is 1.09 bits per heavy atom.